The quantitative estimate of drug-likeness (QED) is 0.609. The number of hydrogen-bond donors (Lipinski definition) is 2. The van der Waals surface area contributed by atoms with E-state index in [1.807, 2.05) is 0 Å². The van der Waals surface area contributed by atoms with E-state index in [0.717, 1.165) is 0 Å². The summed E-state index contributed by atoms with van der Waals surface area (Å²) in [4.78, 5) is 8.21. The highest BCUT2D eigenvalue weighted by molar-refractivity contribution is 7.89. The average molecular weight is 440 g/mol. The largest absolute Gasteiger partial charge is 0.475 e. The molecular weight excluding hydrogens is 425 g/mol. The van der Waals surface area contributed by atoms with Crippen LogP contribution >= 0.6 is 23.2 Å². The summed E-state index contributed by atoms with van der Waals surface area (Å²) in [5.74, 6) is 0.207. The molecule has 28 heavy (non-hydrogen) atoms. The smallest absolute Gasteiger partial charge is 0.239 e. The molecule has 0 atom stereocenters. The number of nitrogens with two attached hydrogens (primary N) is 1. The van der Waals surface area contributed by atoms with Gasteiger partial charge in [0.1, 0.15) is 17.8 Å². The summed E-state index contributed by atoms with van der Waals surface area (Å²) in [7, 11) is -4.03. The standard InChI is InChI=1S/C18H15Cl2N3O4S/c19-12-6-4-11(5-7-12)15-17(22-10-23-18(15)27-9-8-24)13-2-1-3-14(16(13)20)28(21,25)26/h1-7,10,24H,8-9H2,(H2,21,25,26). The number of rotatable bonds is 6. The van der Waals surface area contributed by atoms with Crippen LogP contribution in [-0.2, 0) is 10.0 Å². The van der Waals surface area contributed by atoms with Gasteiger partial charge in [-0.15, -0.1) is 0 Å². The molecule has 0 spiro atoms. The zero-order valence-electron chi connectivity index (χ0n) is 14.3. The molecule has 146 valence electrons. The highest BCUT2D eigenvalue weighted by Gasteiger charge is 2.22. The van der Waals surface area contributed by atoms with E-state index in [4.69, 9.17) is 38.2 Å². The van der Waals surface area contributed by atoms with Gasteiger partial charge in [0, 0.05) is 10.6 Å². The molecule has 1 heterocycles. The molecule has 1 aromatic heterocycles. The minimum Gasteiger partial charge on any atom is -0.475 e. The van der Waals surface area contributed by atoms with E-state index in [-0.39, 0.29) is 29.0 Å². The SMILES string of the molecule is NS(=O)(=O)c1cccc(-c2ncnc(OCCO)c2-c2ccc(Cl)cc2)c1Cl. The van der Waals surface area contributed by atoms with Crippen LogP contribution in [0.3, 0.4) is 0 Å². The van der Waals surface area contributed by atoms with Crippen molar-refractivity contribution in [2.75, 3.05) is 13.2 Å². The number of halogens is 2. The van der Waals surface area contributed by atoms with Gasteiger partial charge >= 0.3 is 0 Å². The van der Waals surface area contributed by atoms with E-state index in [0.29, 0.717) is 27.4 Å². The Bertz CT molecular complexity index is 1110. The third kappa shape index (κ3) is 4.26. The normalized spacial score (nSPS) is 11.4. The number of primary sulfonamides is 1. The molecule has 0 bridgehead atoms. The Kier molecular flexibility index (Phi) is 6.17. The monoisotopic (exact) mass is 439 g/mol. The number of hydrogen-bond acceptors (Lipinski definition) is 6. The van der Waals surface area contributed by atoms with Gasteiger partial charge in [0.2, 0.25) is 15.9 Å². The zero-order chi connectivity index (χ0) is 20.3. The Labute approximate surface area is 171 Å². The highest BCUT2D eigenvalue weighted by Crippen LogP contribution is 2.40. The minimum absolute atomic E-state index is 0.0159. The molecule has 0 aliphatic rings. The van der Waals surface area contributed by atoms with Gasteiger partial charge in [-0.2, -0.15) is 0 Å². The summed E-state index contributed by atoms with van der Waals surface area (Å²) < 4.78 is 29.2. The number of aliphatic hydroxyl groups is 1. The molecule has 0 amide bonds. The second-order valence-electron chi connectivity index (χ2n) is 5.64. The maximum Gasteiger partial charge on any atom is 0.239 e. The van der Waals surface area contributed by atoms with Gasteiger partial charge in [-0.05, 0) is 23.8 Å². The van der Waals surface area contributed by atoms with Crippen molar-refractivity contribution < 1.29 is 18.3 Å². The maximum atomic E-state index is 11.8. The van der Waals surface area contributed by atoms with Crippen LogP contribution in [0.15, 0.2) is 53.7 Å². The number of sulfonamides is 1. The van der Waals surface area contributed by atoms with Gasteiger partial charge in [-0.3, -0.25) is 0 Å². The first kappa shape index (κ1) is 20.5. The first-order valence-corrected chi connectivity index (χ1v) is 10.3. The van der Waals surface area contributed by atoms with Crippen LogP contribution in [0.5, 0.6) is 5.88 Å². The predicted octanol–water partition coefficient (Wildman–Crippen LogP) is 3.14. The second-order valence-corrected chi connectivity index (χ2v) is 7.99. The van der Waals surface area contributed by atoms with Crippen LogP contribution in [0.4, 0.5) is 0 Å². The van der Waals surface area contributed by atoms with Crippen molar-refractivity contribution in [1.82, 2.24) is 9.97 Å². The molecular formula is C18H15Cl2N3O4S. The number of benzene rings is 2. The van der Waals surface area contributed by atoms with E-state index >= 15 is 0 Å². The number of ether oxygens (including phenoxy) is 1. The molecule has 3 aromatic rings. The van der Waals surface area contributed by atoms with E-state index in [9.17, 15) is 8.42 Å². The molecule has 0 saturated heterocycles. The van der Waals surface area contributed by atoms with E-state index < -0.39 is 10.0 Å². The van der Waals surface area contributed by atoms with E-state index in [1.54, 1.807) is 30.3 Å². The molecule has 0 saturated carbocycles. The lowest BCUT2D eigenvalue weighted by Crippen LogP contribution is -2.13. The molecule has 0 unspecified atom stereocenters. The molecule has 2 aromatic carbocycles. The third-order valence-corrected chi connectivity index (χ3v) is 5.52. The van der Waals surface area contributed by atoms with Crippen LogP contribution in [0.2, 0.25) is 10.0 Å². The van der Waals surface area contributed by atoms with Crippen molar-refractivity contribution in [3.05, 3.63) is 58.8 Å². The molecule has 3 rings (SSSR count). The summed E-state index contributed by atoms with van der Waals surface area (Å²) >= 11 is 12.3. The lowest BCUT2D eigenvalue weighted by molar-refractivity contribution is 0.197. The number of aromatic nitrogens is 2. The lowest BCUT2D eigenvalue weighted by Gasteiger charge is -2.15. The summed E-state index contributed by atoms with van der Waals surface area (Å²) in [6.07, 6.45) is 1.27. The fourth-order valence-corrected chi connectivity index (χ4v) is 3.91. The summed E-state index contributed by atoms with van der Waals surface area (Å²) in [5.41, 5.74) is 1.83. The Morgan fingerprint density at radius 2 is 1.79 bits per heavy atom. The van der Waals surface area contributed by atoms with Gasteiger partial charge in [0.25, 0.3) is 0 Å². The van der Waals surface area contributed by atoms with Gasteiger partial charge < -0.3 is 9.84 Å². The topological polar surface area (TPSA) is 115 Å². The minimum atomic E-state index is -4.03. The maximum absolute atomic E-state index is 11.8. The lowest BCUT2D eigenvalue weighted by atomic mass is 10.00. The van der Waals surface area contributed by atoms with Crippen LogP contribution in [0.25, 0.3) is 22.4 Å². The summed E-state index contributed by atoms with van der Waals surface area (Å²) in [6.45, 7) is -0.191. The first-order valence-electron chi connectivity index (χ1n) is 7.99. The Balaban J connectivity index is 2.29. The van der Waals surface area contributed by atoms with Crippen molar-refractivity contribution in [2.24, 2.45) is 5.14 Å². The van der Waals surface area contributed by atoms with Crippen LogP contribution in [0.1, 0.15) is 0 Å². The van der Waals surface area contributed by atoms with Crippen LogP contribution in [0, 0.1) is 0 Å². The van der Waals surface area contributed by atoms with Crippen LogP contribution in [-0.4, -0.2) is 36.7 Å². The number of aliphatic hydroxyl groups excluding tert-OH is 1. The van der Waals surface area contributed by atoms with Crippen molar-refractivity contribution in [2.45, 2.75) is 4.90 Å². The van der Waals surface area contributed by atoms with Crippen molar-refractivity contribution in [1.29, 1.82) is 0 Å². The third-order valence-electron chi connectivity index (χ3n) is 3.80. The molecule has 7 nitrogen and oxygen atoms in total. The second kappa shape index (κ2) is 8.42. The van der Waals surface area contributed by atoms with Crippen LogP contribution < -0.4 is 9.88 Å². The molecule has 10 heteroatoms. The number of nitrogens with zero attached hydrogens (tertiary/aromatic N) is 2. The first-order chi connectivity index (χ1) is 13.3. The van der Waals surface area contributed by atoms with Gasteiger partial charge in [0.15, 0.2) is 0 Å². The molecule has 0 radical (unpaired) electrons. The molecule has 3 N–H and O–H groups in total. The summed E-state index contributed by atoms with van der Waals surface area (Å²) in [5, 5.41) is 14.8. The van der Waals surface area contributed by atoms with E-state index in [2.05, 4.69) is 9.97 Å². The Morgan fingerprint density at radius 3 is 2.43 bits per heavy atom. The Morgan fingerprint density at radius 1 is 1.07 bits per heavy atom. The highest BCUT2D eigenvalue weighted by atomic mass is 35.5. The molecule has 0 aliphatic heterocycles. The fraction of sp³-hybridized carbons (Fsp3) is 0.111. The van der Waals surface area contributed by atoms with Crippen molar-refractivity contribution >= 4 is 33.2 Å². The van der Waals surface area contributed by atoms with Gasteiger partial charge in [-0.1, -0.05) is 47.5 Å². The van der Waals surface area contributed by atoms with Crippen molar-refractivity contribution in [3.8, 4) is 28.3 Å². The van der Waals surface area contributed by atoms with Gasteiger partial charge in [-0.25, -0.2) is 23.5 Å². The van der Waals surface area contributed by atoms with E-state index in [1.165, 1.54) is 18.5 Å². The summed E-state index contributed by atoms with van der Waals surface area (Å²) in [6, 6.07) is 11.3. The molecule has 0 aliphatic carbocycles. The average Bonchev–Trinajstić information content (AvgIpc) is 2.66. The fourth-order valence-electron chi connectivity index (χ4n) is 2.62. The predicted molar refractivity (Wildman–Crippen MR) is 107 cm³/mol. The van der Waals surface area contributed by atoms with Crippen molar-refractivity contribution in [3.63, 3.8) is 0 Å². The zero-order valence-corrected chi connectivity index (χ0v) is 16.7. The Hall–Kier alpha value is -2.23. The molecule has 0 fully saturated rings. The van der Waals surface area contributed by atoms with Gasteiger partial charge in [0.05, 0.1) is 22.9 Å².